The Morgan fingerprint density at radius 3 is 2.73 bits per heavy atom. The molecule has 0 aromatic carbocycles. The Bertz CT molecular complexity index is 245. The molecule has 1 heterocycles. The number of hydrogen-bond acceptors (Lipinski definition) is 4. The lowest BCUT2D eigenvalue weighted by Crippen LogP contribution is -2.50. The number of hydrazine groups is 1. The average Bonchev–Trinajstić information content (AvgIpc) is 2.51. The number of aliphatic hydroxyl groups excluding tert-OH is 1. The standard InChI is InChI=1S/C9H17N3O3/c10-11-8(14)9(15)12-5-3-1-2-4-7(12)6-13/h7,13H,1-6,10H2,(H,11,14). The minimum absolute atomic E-state index is 0.108. The fraction of sp³-hybridized carbons (Fsp3) is 0.778. The van der Waals surface area contributed by atoms with Crippen LogP contribution in [0.15, 0.2) is 0 Å². The molecule has 1 atom stereocenters. The Balaban J connectivity index is 2.69. The van der Waals surface area contributed by atoms with Gasteiger partial charge in [0.05, 0.1) is 12.6 Å². The summed E-state index contributed by atoms with van der Waals surface area (Å²) in [6.45, 7) is 0.404. The molecule has 15 heavy (non-hydrogen) atoms. The number of amides is 2. The van der Waals surface area contributed by atoms with Crippen LogP contribution in [0.3, 0.4) is 0 Å². The van der Waals surface area contributed by atoms with Gasteiger partial charge in [0.2, 0.25) is 0 Å². The molecule has 1 rings (SSSR count). The molecule has 1 unspecified atom stereocenters. The summed E-state index contributed by atoms with van der Waals surface area (Å²) in [5, 5.41) is 9.13. The third kappa shape index (κ3) is 2.90. The lowest BCUT2D eigenvalue weighted by atomic mass is 10.1. The quantitative estimate of drug-likeness (QED) is 0.220. The van der Waals surface area contributed by atoms with Crippen molar-refractivity contribution in [2.24, 2.45) is 5.84 Å². The average molecular weight is 215 g/mol. The molecule has 0 spiro atoms. The van der Waals surface area contributed by atoms with Crippen LogP contribution in [0, 0.1) is 0 Å². The van der Waals surface area contributed by atoms with Crippen LogP contribution in [0.2, 0.25) is 0 Å². The van der Waals surface area contributed by atoms with Gasteiger partial charge in [0, 0.05) is 6.54 Å². The Kier molecular flexibility index (Phi) is 4.51. The zero-order valence-corrected chi connectivity index (χ0v) is 8.61. The van der Waals surface area contributed by atoms with Gasteiger partial charge in [-0.3, -0.25) is 15.0 Å². The largest absolute Gasteiger partial charge is 0.394 e. The number of aliphatic hydroxyl groups is 1. The molecule has 0 bridgehead atoms. The van der Waals surface area contributed by atoms with Gasteiger partial charge in [-0.25, -0.2) is 5.84 Å². The number of carbonyl (C=O) groups excluding carboxylic acids is 2. The fourth-order valence-electron chi connectivity index (χ4n) is 1.83. The van der Waals surface area contributed by atoms with E-state index in [1.165, 1.54) is 4.90 Å². The number of likely N-dealkylation sites (tertiary alicyclic amines) is 1. The highest BCUT2D eigenvalue weighted by Crippen LogP contribution is 2.16. The molecular formula is C9H17N3O3. The van der Waals surface area contributed by atoms with Crippen LogP contribution in [-0.4, -0.2) is 41.0 Å². The Morgan fingerprint density at radius 1 is 1.40 bits per heavy atom. The van der Waals surface area contributed by atoms with Gasteiger partial charge in [-0.15, -0.1) is 0 Å². The summed E-state index contributed by atoms with van der Waals surface area (Å²) in [4.78, 5) is 24.1. The zero-order chi connectivity index (χ0) is 11.3. The predicted octanol–water partition coefficient (Wildman–Crippen LogP) is -1.26. The van der Waals surface area contributed by atoms with E-state index in [1.54, 1.807) is 0 Å². The molecule has 0 aromatic heterocycles. The molecule has 86 valence electrons. The highest BCUT2D eigenvalue weighted by atomic mass is 16.3. The molecule has 0 aromatic rings. The molecule has 1 aliphatic rings. The van der Waals surface area contributed by atoms with Crippen LogP contribution in [-0.2, 0) is 9.59 Å². The molecule has 0 saturated carbocycles. The normalized spacial score (nSPS) is 22.0. The topological polar surface area (TPSA) is 95.7 Å². The van der Waals surface area contributed by atoms with Gasteiger partial charge in [0.15, 0.2) is 0 Å². The smallest absolute Gasteiger partial charge is 0.323 e. The van der Waals surface area contributed by atoms with Crippen LogP contribution in [0.1, 0.15) is 25.7 Å². The summed E-state index contributed by atoms with van der Waals surface area (Å²) in [6, 6.07) is -0.253. The van der Waals surface area contributed by atoms with Gasteiger partial charge in [0.1, 0.15) is 0 Å². The first kappa shape index (κ1) is 11.9. The molecule has 4 N–H and O–H groups in total. The van der Waals surface area contributed by atoms with Crippen LogP contribution < -0.4 is 11.3 Å². The molecule has 6 heteroatoms. The molecular weight excluding hydrogens is 198 g/mol. The second kappa shape index (κ2) is 5.67. The van der Waals surface area contributed by atoms with Crippen molar-refractivity contribution in [3.05, 3.63) is 0 Å². The van der Waals surface area contributed by atoms with E-state index < -0.39 is 11.8 Å². The number of nitrogens with one attached hydrogen (secondary N) is 1. The van der Waals surface area contributed by atoms with Crippen molar-refractivity contribution < 1.29 is 14.7 Å². The predicted molar refractivity (Wildman–Crippen MR) is 53.4 cm³/mol. The van der Waals surface area contributed by atoms with E-state index in [-0.39, 0.29) is 12.6 Å². The maximum absolute atomic E-state index is 11.6. The highest BCUT2D eigenvalue weighted by molar-refractivity contribution is 6.34. The zero-order valence-electron chi connectivity index (χ0n) is 8.61. The van der Waals surface area contributed by atoms with Gasteiger partial charge >= 0.3 is 11.8 Å². The van der Waals surface area contributed by atoms with E-state index in [0.717, 1.165) is 25.7 Å². The second-order valence-electron chi connectivity index (χ2n) is 3.66. The second-order valence-corrected chi connectivity index (χ2v) is 3.66. The van der Waals surface area contributed by atoms with E-state index in [2.05, 4.69) is 0 Å². The van der Waals surface area contributed by atoms with E-state index in [0.29, 0.717) is 6.54 Å². The van der Waals surface area contributed by atoms with E-state index in [1.807, 2.05) is 5.43 Å². The monoisotopic (exact) mass is 215 g/mol. The van der Waals surface area contributed by atoms with Crippen molar-refractivity contribution in [2.75, 3.05) is 13.2 Å². The Labute approximate surface area is 88.4 Å². The van der Waals surface area contributed by atoms with Crippen LogP contribution in [0.4, 0.5) is 0 Å². The number of carbonyl (C=O) groups is 2. The molecule has 2 amide bonds. The van der Waals surface area contributed by atoms with Crippen molar-refractivity contribution in [3.8, 4) is 0 Å². The summed E-state index contributed by atoms with van der Waals surface area (Å²) >= 11 is 0. The van der Waals surface area contributed by atoms with E-state index in [4.69, 9.17) is 10.9 Å². The Morgan fingerprint density at radius 2 is 2.13 bits per heavy atom. The van der Waals surface area contributed by atoms with Crippen molar-refractivity contribution in [2.45, 2.75) is 31.7 Å². The van der Waals surface area contributed by atoms with Crippen molar-refractivity contribution in [1.29, 1.82) is 0 Å². The van der Waals surface area contributed by atoms with Crippen molar-refractivity contribution >= 4 is 11.8 Å². The fourth-order valence-corrected chi connectivity index (χ4v) is 1.83. The third-order valence-electron chi connectivity index (χ3n) is 2.67. The Hall–Kier alpha value is -1.14. The van der Waals surface area contributed by atoms with E-state index >= 15 is 0 Å². The molecule has 1 fully saturated rings. The molecule has 0 aliphatic carbocycles. The molecule has 6 nitrogen and oxygen atoms in total. The lowest BCUT2D eigenvalue weighted by molar-refractivity contribution is -0.148. The summed E-state index contributed by atoms with van der Waals surface area (Å²) in [7, 11) is 0. The summed E-state index contributed by atoms with van der Waals surface area (Å²) in [5.41, 5.74) is 1.82. The van der Waals surface area contributed by atoms with Gasteiger partial charge in [-0.05, 0) is 12.8 Å². The number of nitrogens with zero attached hydrogens (tertiary/aromatic N) is 1. The van der Waals surface area contributed by atoms with E-state index in [9.17, 15) is 9.59 Å². The van der Waals surface area contributed by atoms with Gasteiger partial charge in [0.25, 0.3) is 0 Å². The summed E-state index contributed by atoms with van der Waals surface area (Å²) in [6.07, 6.45) is 3.59. The van der Waals surface area contributed by atoms with Gasteiger partial charge in [-0.2, -0.15) is 0 Å². The molecule has 0 radical (unpaired) electrons. The molecule has 1 aliphatic heterocycles. The first-order chi connectivity index (χ1) is 7.20. The highest BCUT2D eigenvalue weighted by Gasteiger charge is 2.28. The van der Waals surface area contributed by atoms with Crippen molar-refractivity contribution in [3.63, 3.8) is 0 Å². The van der Waals surface area contributed by atoms with Gasteiger partial charge < -0.3 is 10.0 Å². The third-order valence-corrected chi connectivity index (χ3v) is 2.67. The molecule has 1 saturated heterocycles. The van der Waals surface area contributed by atoms with Crippen LogP contribution >= 0.6 is 0 Å². The maximum atomic E-state index is 11.6. The van der Waals surface area contributed by atoms with Crippen molar-refractivity contribution in [1.82, 2.24) is 10.3 Å². The van der Waals surface area contributed by atoms with Crippen LogP contribution in [0.25, 0.3) is 0 Å². The van der Waals surface area contributed by atoms with Gasteiger partial charge in [-0.1, -0.05) is 12.8 Å². The SMILES string of the molecule is NNC(=O)C(=O)N1CCCCCC1CO. The first-order valence-corrected chi connectivity index (χ1v) is 5.13. The van der Waals surface area contributed by atoms with Crippen LogP contribution in [0.5, 0.6) is 0 Å². The number of hydrogen-bond donors (Lipinski definition) is 3. The number of rotatable bonds is 1. The lowest BCUT2D eigenvalue weighted by Gasteiger charge is -2.27. The minimum Gasteiger partial charge on any atom is -0.394 e. The number of nitrogens with two attached hydrogens (primary N) is 1. The first-order valence-electron chi connectivity index (χ1n) is 5.13. The maximum Gasteiger partial charge on any atom is 0.323 e. The summed E-state index contributed by atoms with van der Waals surface area (Å²) < 4.78 is 0. The minimum atomic E-state index is -0.824. The summed E-state index contributed by atoms with van der Waals surface area (Å²) in [5.74, 6) is 3.42.